The van der Waals surface area contributed by atoms with Crippen molar-refractivity contribution in [2.75, 3.05) is 6.54 Å². The van der Waals surface area contributed by atoms with Gasteiger partial charge in [0.05, 0.1) is 0 Å². The van der Waals surface area contributed by atoms with E-state index in [0.717, 1.165) is 12.8 Å². The normalized spacial score (nSPS) is 24.2. The Kier molecular flexibility index (Phi) is 3.65. The van der Waals surface area contributed by atoms with Crippen molar-refractivity contribution in [1.82, 2.24) is 10.2 Å². The highest BCUT2D eigenvalue weighted by Crippen LogP contribution is 2.41. The highest BCUT2D eigenvalue weighted by Gasteiger charge is 2.55. The lowest BCUT2D eigenvalue weighted by Crippen LogP contribution is -2.63. The minimum Gasteiger partial charge on any atom is -0.277 e. The summed E-state index contributed by atoms with van der Waals surface area (Å²) in [7, 11) is 0. The van der Waals surface area contributed by atoms with E-state index in [1.54, 1.807) is 0 Å². The maximum Gasteiger partial charge on any atom is 0.330 e. The maximum absolute atomic E-state index is 12.6. The zero-order chi connectivity index (χ0) is 14.2. The molecule has 0 aromatic heterocycles. The first kappa shape index (κ1) is 14.0. The lowest BCUT2D eigenvalue weighted by Gasteiger charge is -2.38. The van der Waals surface area contributed by atoms with Crippen LogP contribution in [0.2, 0.25) is 0 Å². The number of rotatable bonds is 3. The molecule has 2 fully saturated rings. The lowest BCUT2D eigenvalue weighted by molar-refractivity contribution is -0.151. The van der Waals surface area contributed by atoms with Crippen LogP contribution in [-0.4, -0.2) is 29.3 Å². The molecule has 0 bridgehead atoms. The van der Waals surface area contributed by atoms with Gasteiger partial charge < -0.3 is 0 Å². The number of carbonyl (C=O) groups is 3. The van der Waals surface area contributed by atoms with Crippen LogP contribution in [-0.2, 0) is 9.59 Å². The van der Waals surface area contributed by atoms with E-state index in [4.69, 9.17) is 0 Å². The molecule has 1 saturated carbocycles. The molecule has 5 heteroatoms. The second kappa shape index (κ2) is 4.94. The quantitative estimate of drug-likeness (QED) is 0.794. The highest BCUT2D eigenvalue weighted by molar-refractivity contribution is 6.19. The topological polar surface area (TPSA) is 66.5 Å². The Bertz CT molecular complexity index is 411. The molecule has 1 aliphatic carbocycles. The van der Waals surface area contributed by atoms with E-state index in [2.05, 4.69) is 19.2 Å². The molecule has 1 saturated heterocycles. The van der Waals surface area contributed by atoms with Gasteiger partial charge in [-0.25, -0.2) is 4.79 Å². The highest BCUT2D eigenvalue weighted by atomic mass is 16.2. The first-order chi connectivity index (χ1) is 8.88. The Morgan fingerprint density at radius 3 is 2.26 bits per heavy atom. The third kappa shape index (κ3) is 2.26. The van der Waals surface area contributed by atoms with Crippen LogP contribution in [0.4, 0.5) is 4.79 Å². The minimum absolute atomic E-state index is 0.223. The second-order valence-corrected chi connectivity index (χ2v) is 6.19. The summed E-state index contributed by atoms with van der Waals surface area (Å²) in [6, 6.07) is -0.556. The predicted molar refractivity (Wildman–Crippen MR) is 70.2 cm³/mol. The van der Waals surface area contributed by atoms with Crippen molar-refractivity contribution < 1.29 is 14.4 Å². The van der Waals surface area contributed by atoms with Gasteiger partial charge >= 0.3 is 6.03 Å². The average Bonchev–Trinajstić information content (AvgIpc) is 2.83. The standard InChI is InChI=1S/C14H22N2O3/c1-9(2)10(3)8-16-12(18)14(6-4-5-7-14)11(17)15-13(16)19/h9-10H,4-8H2,1-3H3,(H,15,17,19). The molecule has 1 atom stereocenters. The third-order valence-electron chi connectivity index (χ3n) is 4.62. The molecule has 1 heterocycles. The largest absolute Gasteiger partial charge is 0.330 e. The van der Waals surface area contributed by atoms with E-state index < -0.39 is 17.4 Å². The molecular weight excluding hydrogens is 244 g/mol. The minimum atomic E-state index is -0.968. The van der Waals surface area contributed by atoms with Gasteiger partial charge in [0, 0.05) is 6.54 Å². The summed E-state index contributed by atoms with van der Waals surface area (Å²) in [6.45, 7) is 6.53. The molecule has 106 valence electrons. The van der Waals surface area contributed by atoms with Crippen LogP contribution in [0, 0.1) is 17.3 Å². The van der Waals surface area contributed by atoms with E-state index in [9.17, 15) is 14.4 Å². The fourth-order valence-corrected chi connectivity index (χ4v) is 2.82. The van der Waals surface area contributed by atoms with Crippen molar-refractivity contribution in [2.45, 2.75) is 46.5 Å². The molecule has 1 spiro atoms. The summed E-state index contributed by atoms with van der Waals surface area (Å²) >= 11 is 0. The van der Waals surface area contributed by atoms with Crippen molar-refractivity contribution in [2.24, 2.45) is 17.3 Å². The van der Waals surface area contributed by atoms with Gasteiger partial charge in [-0.1, -0.05) is 33.6 Å². The van der Waals surface area contributed by atoms with E-state index in [0.29, 0.717) is 25.3 Å². The van der Waals surface area contributed by atoms with Gasteiger partial charge in [-0.2, -0.15) is 0 Å². The molecule has 19 heavy (non-hydrogen) atoms. The van der Waals surface area contributed by atoms with E-state index in [1.807, 2.05) is 6.92 Å². The zero-order valence-electron chi connectivity index (χ0n) is 11.9. The molecule has 5 nitrogen and oxygen atoms in total. The summed E-state index contributed by atoms with van der Waals surface area (Å²) in [6.07, 6.45) is 2.89. The van der Waals surface area contributed by atoms with Crippen molar-refractivity contribution in [3.8, 4) is 0 Å². The summed E-state index contributed by atoms with van der Waals surface area (Å²) in [5.74, 6) is -0.0705. The molecular formula is C14H22N2O3. The molecule has 1 aliphatic heterocycles. The number of urea groups is 1. The van der Waals surface area contributed by atoms with Crippen LogP contribution in [0.5, 0.6) is 0 Å². The number of hydrogen-bond acceptors (Lipinski definition) is 3. The lowest BCUT2D eigenvalue weighted by atomic mass is 9.81. The monoisotopic (exact) mass is 266 g/mol. The number of carbonyl (C=O) groups excluding carboxylic acids is 3. The van der Waals surface area contributed by atoms with Crippen LogP contribution in [0.25, 0.3) is 0 Å². The van der Waals surface area contributed by atoms with Crippen molar-refractivity contribution in [1.29, 1.82) is 0 Å². The number of barbiturate groups is 1. The van der Waals surface area contributed by atoms with Crippen molar-refractivity contribution in [3.63, 3.8) is 0 Å². The first-order valence-corrected chi connectivity index (χ1v) is 7.06. The fraction of sp³-hybridized carbons (Fsp3) is 0.786. The molecule has 0 aromatic carbocycles. The van der Waals surface area contributed by atoms with Gasteiger partial charge in [-0.3, -0.25) is 19.8 Å². The summed E-state index contributed by atoms with van der Waals surface area (Å²) < 4.78 is 0. The van der Waals surface area contributed by atoms with Crippen LogP contribution in [0.1, 0.15) is 46.5 Å². The first-order valence-electron chi connectivity index (χ1n) is 7.06. The number of nitrogens with one attached hydrogen (secondary N) is 1. The van der Waals surface area contributed by atoms with Crippen LogP contribution >= 0.6 is 0 Å². The van der Waals surface area contributed by atoms with Crippen LogP contribution in [0.15, 0.2) is 0 Å². The molecule has 0 aromatic rings. The maximum atomic E-state index is 12.6. The Hall–Kier alpha value is -1.39. The summed E-state index contributed by atoms with van der Waals surface area (Å²) in [4.78, 5) is 37.7. The molecule has 1 N–H and O–H groups in total. The Morgan fingerprint density at radius 1 is 1.16 bits per heavy atom. The Balaban J connectivity index is 2.21. The Labute approximate surface area is 113 Å². The van der Waals surface area contributed by atoms with Gasteiger partial charge in [-0.05, 0) is 24.7 Å². The van der Waals surface area contributed by atoms with Crippen molar-refractivity contribution in [3.05, 3.63) is 0 Å². The summed E-state index contributed by atoms with van der Waals surface area (Å²) in [5.41, 5.74) is -0.968. The third-order valence-corrected chi connectivity index (χ3v) is 4.62. The summed E-state index contributed by atoms with van der Waals surface area (Å²) in [5, 5.41) is 2.36. The average molecular weight is 266 g/mol. The van der Waals surface area contributed by atoms with Gasteiger partial charge in [-0.15, -0.1) is 0 Å². The van der Waals surface area contributed by atoms with Gasteiger partial charge in [0.25, 0.3) is 0 Å². The Morgan fingerprint density at radius 2 is 1.74 bits per heavy atom. The van der Waals surface area contributed by atoms with Crippen molar-refractivity contribution >= 4 is 17.8 Å². The van der Waals surface area contributed by atoms with E-state index >= 15 is 0 Å². The van der Waals surface area contributed by atoms with E-state index in [1.165, 1.54) is 4.90 Å². The molecule has 0 radical (unpaired) electrons. The SMILES string of the molecule is CC(C)C(C)CN1C(=O)NC(=O)C2(CCCC2)C1=O. The van der Waals surface area contributed by atoms with Gasteiger partial charge in [0.1, 0.15) is 5.41 Å². The smallest absolute Gasteiger partial charge is 0.277 e. The molecule has 2 rings (SSSR count). The van der Waals surface area contributed by atoms with Crippen LogP contribution in [0.3, 0.4) is 0 Å². The zero-order valence-corrected chi connectivity index (χ0v) is 11.9. The molecule has 4 amide bonds. The fourth-order valence-electron chi connectivity index (χ4n) is 2.82. The second-order valence-electron chi connectivity index (χ2n) is 6.19. The number of amides is 4. The predicted octanol–water partition coefficient (Wildman–Crippen LogP) is 1.92. The number of nitrogens with zero attached hydrogens (tertiary/aromatic N) is 1. The number of hydrogen-bond donors (Lipinski definition) is 1. The molecule has 2 aliphatic rings. The van der Waals surface area contributed by atoms with Crippen LogP contribution < -0.4 is 5.32 Å². The molecule has 1 unspecified atom stereocenters. The van der Waals surface area contributed by atoms with Gasteiger partial charge in [0.15, 0.2) is 0 Å². The van der Waals surface area contributed by atoms with E-state index in [-0.39, 0.29) is 11.8 Å². The number of imide groups is 2. The van der Waals surface area contributed by atoms with Gasteiger partial charge in [0.2, 0.25) is 11.8 Å².